The predicted molar refractivity (Wildman–Crippen MR) is 129 cm³/mol. The van der Waals surface area contributed by atoms with Crippen LogP contribution >= 0.6 is 11.6 Å². The van der Waals surface area contributed by atoms with Crippen LogP contribution in [0.2, 0.25) is 5.02 Å². The maximum Gasteiger partial charge on any atom is 0.288 e. The van der Waals surface area contributed by atoms with Crippen molar-refractivity contribution in [2.45, 2.75) is 63.9 Å². The van der Waals surface area contributed by atoms with Gasteiger partial charge in [0.1, 0.15) is 0 Å². The zero-order valence-electron chi connectivity index (χ0n) is 18.9. The topological polar surface area (TPSA) is 59.0 Å². The van der Waals surface area contributed by atoms with Gasteiger partial charge in [-0.3, -0.25) is 4.79 Å². The number of allylic oxidation sites excluding steroid dienone is 1. The van der Waals surface area contributed by atoms with Crippen LogP contribution < -0.4 is 0 Å². The van der Waals surface area contributed by atoms with Crippen LogP contribution in [-0.4, -0.2) is 35.3 Å². The van der Waals surface area contributed by atoms with Crippen molar-refractivity contribution in [2.24, 2.45) is 0 Å². The average Bonchev–Trinajstić information content (AvgIpc) is 2.83. The van der Waals surface area contributed by atoms with Crippen LogP contribution in [-0.2, 0) is 27.5 Å². The first-order chi connectivity index (χ1) is 16.1. The molecule has 2 heterocycles. The first-order valence-electron chi connectivity index (χ1n) is 11.9. The summed E-state index contributed by atoms with van der Waals surface area (Å²) in [6.07, 6.45) is 7.67. The molecule has 2 atom stereocenters. The Labute approximate surface area is 201 Å². The number of hydrogen-bond acceptors (Lipinski definition) is 4. The highest BCUT2D eigenvalue weighted by Crippen LogP contribution is 2.33. The van der Waals surface area contributed by atoms with E-state index in [0.29, 0.717) is 23.8 Å². The van der Waals surface area contributed by atoms with Gasteiger partial charge < -0.3 is 19.5 Å². The summed E-state index contributed by atoms with van der Waals surface area (Å²) in [6.45, 7) is 1.93. The molecule has 1 N–H and O–H groups in total. The normalized spacial score (nSPS) is 21.5. The van der Waals surface area contributed by atoms with Crippen LogP contribution in [0.4, 0.5) is 0 Å². The molecule has 0 aromatic heterocycles. The number of hydrogen-bond donors (Lipinski definition) is 1. The van der Waals surface area contributed by atoms with E-state index in [9.17, 15) is 9.90 Å². The minimum atomic E-state index is -0.526. The zero-order chi connectivity index (χ0) is 23.0. The summed E-state index contributed by atoms with van der Waals surface area (Å²) >= 11 is 6.09. The molecule has 2 aromatic rings. The summed E-state index contributed by atoms with van der Waals surface area (Å²) in [6, 6.07) is 15.4. The van der Waals surface area contributed by atoms with E-state index in [1.54, 1.807) is 0 Å². The Morgan fingerprint density at radius 2 is 1.61 bits per heavy atom. The smallest absolute Gasteiger partial charge is 0.288 e. The van der Waals surface area contributed by atoms with Gasteiger partial charge in [0.2, 0.25) is 6.29 Å². The fraction of sp³-hybridized carbons (Fsp3) is 0.444. The van der Waals surface area contributed by atoms with Gasteiger partial charge in [0, 0.05) is 30.5 Å². The predicted octanol–water partition coefficient (Wildman–Crippen LogP) is 5.56. The molecule has 0 saturated carbocycles. The molecular weight excluding hydrogens is 438 g/mol. The summed E-state index contributed by atoms with van der Waals surface area (Å²) < 4.78 is 12.2. The van der Waals surface area contributed by atoms with Gasteiger partial charge in [0.05, 0.1) is 13.2 Å². The van der Waals surface area contributed by atoms with Gasteiger partial charge in [-0.2, -0.15) is 0 Å². The van der Waals surface area contributed by atoms with Crippen LogP contribution in [0.1, 0.15) is 61.1 Å². The second-order valence-corrected chi connectivity index (χ2v) is 9.25. The molecule has 2 aromatic carbocycles. The van der Waals surface area contributed by atoms with Crippen LogP contribution in [0.5, 0.6) is 0 Å². The minimum absolute atomic E-state index is 0.00601. The van der Waals surface area contributed by atoms with E-state index in [4.69, 9.17) is 21.1 Å². The molecule has 0 unspecified atom stereocenters. The van der Waals surface area contributed by atoms with E-state index >= 15 is 0 Å². The average molecular weight is 470 g/mol. The molecule has 33 heavy (non-hydrogen) atoms. The van der Waals surface area contributed by atoms with Crippen LogP contribution in [0.25, 0.3) is 0 Å². The van der Waals surface area contributed by atoms with Crippen molar-refractivity contribution >= 4 is 17.5 Å². The highest BCUT2D eigenvalue weighted by molar-refractivity contribution is 6.30. The molecule has 176 valence electrons. The van der Waals surface area contributed by atoms with Crippen LogP contribution in [0, 0.1) is 0 Å². The first kappa shape index (κ1) is 23.8. The molecule has 1 fully saturated rings. The molecule has 5 nitrogen and oxygen atoms in total. The maximum atomic E-state index is 13.4. The van der Waals surface area contributed by atoms with E-state index in [0.717, 1.165) is 55.5 Å². The lowest BCUT2D eigenvalue weighted by Crippen LogP contribution is -2.38. The Kier molecular flexibility index (Phi) is 8.43. The summed E-state index contributed by atoms with van der Waals surface area (Å²) in [5.41, 5.74) is 2.94. The number of likely N-dealkylation sites (tertiary alicyclic amines) is 1. The van der Waals surface area contributed by atoms with Crippen LogP contribution in [0.3, 0.4) is 0 Å². The number of rotatable bonds is 6. The number of aliphatic hydroxyl groups is 1. The molecule has 1 amide bonds. The fourth-order valence-corrected chi connectivity index (χ4v) is 4.52. The third kappa shape index (κ3) is 6.59. The van der Waals surface area contributed by atoms with E-state index in [1.807, 2.05) is 59.5 Å². The molecule has 1 saturated heterocycles. The second-order valence-electron chi connectivity index (χ2n) is 8.82. The van der Waals surface area contributed by atoms with Gasteiger partial charge in [-0.1, -0.05) is 67.3 Å². The molecule has 0 bridgehead atoms. The van der Waals surface area contributed by atoms with Gasteiger partial charge in [-0.25, -0.2) is 0 Å². The number of carbonyl (C=O) groups excluding carboxylic acids is 1. The number of amides is 1. The van der Waals surface area contributed by atoms with Gasteiger partial charge in [-0.15, -0.1) is 0 Å². The number of benzene rings is 2. The van der Waals surface area contributed by atoms with E-state index in [2.05, 4.69) is 0 Å². The Morgan fingerprint density at radius 3 is 2.27 bits per heavy atom. The van der Waals surface area contributed by atoms with E-state index < -0.39 is 6.29 Å². The standard InChI is InChI=1S/C27H32ClNO4/c28-24-12-10-22(11-13-24)23-16-25(27(31)29-14-4-2-1-3-5-15-29)33-26(17-23)32-19-21-8-6-20(18-30)7-9-21/h6-13,16,23,26,30H,1-5,14-15,17-19H2/t23-,26+/m1/s1. The van der Waals surface area contributed by atoms with Gasteiger partial charge >= 0.3 is 0 Å². The van der Waals surface area contributed by atoms with Crippen molar-refractivity contribution in [3.8, 4) is 0 Å². The maximum absolute atomic E-state index is 13.4. The molecular formula is C27H32ClNO4. The Bertz CT molecular complexity index is 934. The SMILES string of the molecule is O=C(C1=C[C@@H](c2ccc(Cl)cc2)C[C@@H](OCc2ccc(CO)cc2)O1)N1CCCCCCC1. The lowest BCUT2D eigenvalue weighted by atomic mass is 9.93. The molecule has 2 aliphatic heterocycles. The van der Waals surface area contributed by atoms with Crippen LogP contribution in [0.15, 0.2) is 60.4 Å². The monoisotopic (exact) mass is 469 g/mol. The summed E-state index contributed by atoms with van der Waals surface area (Å²) in [5, 5.41) is 9.92. The molecule has 0 radical (unpaired) electrons. The number of nitrogens with zero attached hydrogens (tertiary/aromatic N) is 1. The van der Waals surface area contributed by atoms with Gasteiger partial charge in [0.15, 0.2) is 5.76 Å². The molecule has 4 rings (SSSR count). The number of carbonyl (C=O) groups is 1. The third-order valence-corrected chi connectivity index (χ3v) is 6.60. The lowest BCUT2D eigenvalue weighted by Gasteiger charge is -2.32. The largest absolute Gasteiger partial charge is 0.459 e. The molecule has 0 aliphatic carbocycles. The van der Waals surface area contributed by atoms with Gasteiger partial charge in [-0.05, 0) is 47.7 Å². The Hall–Kier alpha value is -2.34. The number of aliphatic hydroxyl groups excluding tert-OH is 1. The molecule has 2 aliphatic rings. The molecule has 0 spiro atoms. The second kappa shape index (κ2) is 11.7. The lowest BCUT2D eigenvalue weighted by molar-refractivity contribution is -0.156. The van der Waals surface area contributed by atoms with E-state index in [-0.39, 0.29) is 18.4 Å². The fourth-order valence-electron chi connectivity index (χ4n) is 4.39. The van der Waals surface area contributed by atoms with Crippen molar-refractivity contribution in [3.05, 3.63) is 82.1 Å². The first-order valence-corrected chi connectivity index (χ1v) is 12.2. The van der Waals surface area contributed by atoms with Crippen molar-refractivity contribution in [1.82, 2.24) is 4.90 Å². The highest BCUT2D eigenvalue weighted by Gasteiger charge is 2.31. The number of halogens is 1. The van der Waals surface area contributed by atoms with Gasteiger partial charge in [0.25, 0.3) is 5.91 Å². The quantitative estimate of drug-likeness (QED) is 0.602. The Balaban J connectivity index is 1.50. The molecule has 6 heteroatoms. The highest BCUT2D eigenvalue weighted by atomic mass is 35.5. The summed E-state index contributed by atoms with van der Waals surface area (Å²) in [4.78, 5) is 15.3. The zero-order valence-corrected chi connectivity index (χ0v) is 19.7. The minimum Gasteiger partial charge on any atom is -0.459 e. The van der Waals surface area contributed by atoms with Crippen molar-refractivity contribution in [2.75, 3.05) is 13.1 Å². The van der Waals surface area contributed by atoms with Crippen molar-refractivity contribution < 1.29 is 19.4 Å². The Morgan fingerprint density at radius 1 is 0.970 bits per heavy atom. The number of ether oxygens (including phenoxy) is 2. The third-order valence-electron chi connectivity index (χ3n) is 6.35. The van der Waals surface area contributed by atoms with Crippen molar-refractivity contribution in [1.29, 1.82) is 0 Å². The summed E-state index contributed by atoms with van der Waals surface area (Å²) in [5.74, 6) is 0.338. The van der Waals surface area contributed by atoms with Crippen molar-refractivity contribution in [3.63, 3.8) is 0 Å². The van der Waals surface area contributed by atoms with E-state index in [1.165, 1.54) is 6.42 Å². The summed E-state index contributed by atoms with van der Waals surface area (Å²) in [7, 11) is 0.